The summed E-state index contributed by atoms with van der Waals surface area (Å²) in [5.74, 6) is -0.308. The molecule has 1 saturated heterocycles. The highest BCUT2D eigenvalue weighted by Gasteiger charge is 2.21. The van der Waals surface area contributed by atoms with E-state index < -0.39 is 10.0 Å². The van der Waals surface area contributed by atoms with Crippen LogP contribution in [0.1, 0.15) is 34.3 Å². The predicted octanol–water partition coefficient (Wildman–Crippen LogP) is 3.01. The van der Waals surface area contributed by atoms with Crippen molar-refractivity contribution in [3.05, 3.63) is 59.2 Å². The van der Waals surface area contributed by atoms with Crippen molar-refractivity contribution in [3.8, 4) is 0 Å². The number of carbonyl (C=O) groups is 1. The third-order valence-corrected chi connectivity index (χ3v) is 6.08. The Morgan fingerprint density at radius 3 is 2.56 bits per heavy atom. The molecule has 27 heavy (non-hydrogen) atoms. The number of anilines is 1. The fraction of sp³-hybridized carbons (Fsp3) is 0.350. The topological polar surface area (TPSA) is 84.5 Å². The van der Waals surface area contributed by atoms with Crippen LogP contribution in [0.3, 0.4) is 0 Å². The molecule has 1 aliphatic rings. The fourth-order valence-corrected chi connectivity index (χ4v) is 4.31. The van der Waals surface area contributed by atoms with E-state index in [1.165, 1.54) is 6.07 Å². The molecule has 2 aromatic rings. The van der Waals surface area contributed by atoms with Gasteiger partial charge in [-0.3, -0.25) is 9.52 Å². The van der Waals surface area contributed by atoms with Gasteiger partial charge in [0.15, 0.2) is 0 Å². The van der Waals surface area contributed by atoms with Crippen LogP contribution in [0.25, 0.3) is 0 Å². The number of ether oxygens (including phenoxy) is 1. The molecule has 3 rings (SSSR count). The molecular formula is C20H24N2O4S. The molecule has 0 saturated carbocycles. The highest BCUT2D eigenvalue weighted by atomic mass is 32.2. The second-order valence-electron chi connectivity index (χ2n) is 6.80. The maximum Gasteiger partial charge on any atom is 0.262 e. The van der Waals surface area contributed by atoms with Crippen molar-refractivity contribution in [1.29, 1.82) is 0 Å². The van der Waals surface area contributed by atoms with Gasteiger partial charge in [-0.25, -0.2) is 8.42 Å². The van der Waals surface area contributed by atoms with Crippen LogP contribution < -0.4 is 10.0 Å². The molecule has 1 aliphatic heterocycles. The Morgan fingerprint density at radius 2 is 1.89 bits per heavy atom. The molecule has 0 bridgehead atoms. The van der Waals surface area contributed by atoms with Gasteiger partial charge in [0.25, 0.3) is 15.9 Å². The van der Waals surface area contributed by atoms with Gasteiger partial charge in [0.1, 0.15) is 0 Å². The fourth-order valence-electron chi connectivity index (χ4n) is 2.98. The Hall–Kier alpha value is -2.38. The lowest BCUT2D eigenvalue weighted by Gasteiger charge is -2.14. The van der Waals surface area contributed by atoms with Gasteiger partial charge in [-0.2, -0.15) is 0 Å². The molecule has 6 nitrogen and oxygen atoms in total. The van der Waals surface area contributed by atoms with Crippen molar-refractivity contribution < 1.29 is 17.9 Å². The van der Waals surface area contributed by atoms with E-state index in [1.807, 2.05) is 19.1 Å². The van der Waals surface area contributed by atoms with Gasteiger partial charge in [-0.05, 0) is 56.5 Å². The van der Waals surface area contributed by atoms with Crippen LogP contribution >= 0.6 is 0 Å². The molecule has 0 unspecified atom stereocenters. The van der Waals surface area contributed by atoms with Gasteiger partial charge in [-0.15, -0.1) is 0 Å². The van der Waals surface area contributed by atoms with E-state index in [-0.39, 0.29) is 16.9 Å². The molecule has 0 aliphatic carbocycles. The Labute approximate surface area is 160 Å². The average Bonchev–Trinajstić information content (AvgIpc) is 3.15. The molecular weight excluding hydrogens is 364 g/mol. The molecule has 2 N–H and O–H groups in total. The largest absolute Gasteiger partial charge is 0.376 e. The van der Waals surface area contributed by atoms with E-state index >= 15 is 0 Å². The summed E-state index contributed by atoms with van der Waals surface area (Å²) in [5.41, 5.74) is 2.40. The number of aryl methyl sites for hydroxylation is 2. The molecule has 7 heteroatoms. The minimum absolute atomic E-state index is 0.0332. The molecule has 1 heterocycles. The molecule has 2 aromatic carbocycles. The van der Waals surface area contributed by atoms with Crippen LogP contribution in [0.4, 0.5) is 5.69 Å². The van der Waals surface area contributed by atoms with Crippen molar-refractivity contribution in [2.45, 2.75) is 37.7 Å². The van der Waals surface area contributed by atoms with E-state index in [0.717, 1.165) is 25.0 Å². The highest BCUT2D eigenvalue weighted by Crippen LogP contribution is 2.21. The third kappa shape index (κ3) is 4.87. The molecule has 1 amide bonds. The number of hydrogen-bond acceptors (Lipinski definition) is 4. The standard InChI is InChI=1S/C20H24N2O4S/c1-14-5-9-17(10-6-14)22-27(24,25)19-12-16(8-7-15(19)2)20(23)21-13-18-4-3-11-26-18/h5-10,12,18,22H,3-4,11,13H2,1-2H3,(H,21,23)/t18-/m1/s1. The number of nitrogens with one attached hydrogen (secondary N) is 2. The van der Waals surface area contributed by atoms with Gasteiger partial charge in [0.05, 0.1) is 11.0 Å². The van der Waals surface area contributed by atoms with Gasteiger partial charge in [-0.1, -0.05) is 23.8 Å². The third-order valence-electron chi connectivity index (χ3n) is 4.56. The number of hydrogen-bond donors (Lipinski definition) is 2. The lowest BCUT2D eigenvalue weighted by molar-refractivity contribution is 0.0857. The summed E-state index contributed by atoms with van der Waals surface area (Å²) >= 11 is 0. The van der Waals surface area contributed by atoms with Crippen LogP contribution in [0.2, 0.25) is 0 Å². The minimum atomic E-state index is -3.80. The van der Waals surface area contributed by atoms with Gasteiger partial charge in [0, 0.05) is 24.4 Å². The number of rotatable bonds is 6. The van der Waals surface area contributed by atoms with Crippen molar-refractivity contribution in [2.75, 3.05) is 17.9 Å². The van der Waals surface area contributed by atoms with Crippen LogP contribution in [-0.4, -0.2) is 33.6 Å². The van der Waals surface area contributed by atoms with Crippen LogP contribution in [-0.2, 0) is 14.8 Å². The summed E-state index contributed by atoms with van der Waals surface area (Å²) < 4.78 is 33.6. The normalized spacial score (nSPS) is 16.9. The maximum atomic E-state index is 12.8. The second-order valence-corrected chi connectivity index (χ2v) is 8.45. The Morgan fingerprint density at radius 1 is 1.15 bits per heavy atom. The maximum absolute atomic E-state index is 12.8. The van der Waals surface area contributed by atoms with Gasteiger partial charge >= 0.3 is 0 Å². The van der Waals surface area contributed by atoms with Crippen molar-refractivity contribution in [3.63, 3.8) is 0 Å². The Bertz CT molecular complexity index is 917. The first kappa shape index (κ1) is 19.4. The van der Waals surface area contributed by atoms with E-state index in [9.17, 15) is 13.2 Å². The smallest absolute Gasteiger partial charge is 0.262 e. The molecule has 0 radical (unpaired) electrons. The SMILES string of the molecule is Cc1ccc(NS(=O)(=O)c2cc(C(=O)NC[C@H]3CCCO3)ccc2C)cc1. The quantitative estimate of drug-likeness (QED) is 0.797. The lowest BCUT2D eigenvalue weighted by atomic mass is 10.1. The summed E-state index contributed by atoms with van der Waals surface area (Å²) in [6.45, 7) is 4.79. The first-order valence-electron chi connectivity index (χ1n) is 8.95. The predicted molar refractivity (Wildman–Crippen MR) is 104 cm³/mol. The van der Waals surface area contributed by atoms with Gasteiger partial charge in [0.2, 0.25) is 0 Å². The second kappa shape index (κ2) is 8.10. The number of sulfonamides is 1. The summed E-state index contributed by atoms with van der Waals surface area (Å²) in [5, 5.41) is 2.82. The number of amides is 1. The number of benzene rings is 2. The van der Waals surface area contributed by atoms with E-state index in [1.54, 1.807) is 31.2 Å². The van der Waals surface area contributed by atoms with E-state index in [0.29, 0.717) is 23.4 Å². The minimum Gasteiger partial charge on any atom is -0.376 e. The Kier molecular flexibility index (Phi) is 5.82. The summed E-state index contributed by atoms with van der Waals surface area (Å²) in [6, 6.07) is 11.8. The first-order chi connectivity index (χ1) is 12.8. The zero-order valence-corrected chi connectivity index (χ0v) is 16.3. The lowest BCUT2D eigenvalue weighted by Crippen LogP contribution is -2.31. The molecule has 144 valence electrons. The van der Waals surface area contributed by atoms with Crippen molar-refractivity contribution in [2.24, 2.45) is 0 Å². The molecule has 0 spiro atoms. The summed E-state index contributed by atoms with van der Waals surface area (Å²) in [6.07, 6.45) is 1.96. The van der Waals surface area contributed by atoms with Gasteiger partial charge < -0.3 is 10.1 Å². The first-order valence-corrected chi connectivity index (χ1v) is 10.4. The zero-order valence-electron chi connectivity index (χ0n) is 15.5. The summed E-state index contributed by atoms with van der Waals surface area (Å²) in [7, 11) is -3.80. The molecule has 0 aromatic heterocycles. The van der Waals surface area contributed by atoms with Crippen molar-refractivity contribution >= 4 is 21.6 Å². The Balaban J connectivity index is 1.77. The van der Waals surface area contributed by atoms with E-state index in [4.69, 9.17) is 4.74 Å². The van der Waals surface area contributed by atoms with Crippen molar-refractivity contribution in [1.82, 2.24) is 5.32 Å². The monoisotopic (exact) mass is 388 g/mol. The number of carbonyl (C=O) groups excluding carboxylic acids is 1. The highest BCUT2D eigenvalue weighted by molar-refractivity contribution is 7.92. The average molecular weight is 388 g/mol. The van der Waals surface area contributed by atoms with Crippen LogP contribution in [0, 0.1) is 13.8 Å². The molecule has 1 fully saturated rings. The van der Waals surface area contributed by atoms with Crippen LogP contribution in [0.15, 0.2) is 47.4 Å². The van der Waals surface area contributed by atoms with E-state index in [2.05, 4.69) is 10.0 Å². The zero-order chi connectivity index (χ0) is 19.4. The molecule has 1 atom stereocenters. The summed E-state index contributed by atoms with van der Waals surface area (Å²) in [4.78, 5) is 12.5. The van der Waals surface area contributed by atoms with Crippen LogP contribution in [0.5, 0.6) is 0 Å².